The Hall–Kier alpha value is -4.52. The summed E-state index contributed by atoms with van der Waals surface area (Å²) in [6, 6.07) is 15.1. The number of carboxylic acid groups (broad SMARTS) is 1. The number of alkyl halides is 3. The molecule has 0 amide bonds. The number of nitrogens with one attached hydrogen (secondary N) is 2. The van der Waals surface area contributed by atoms with E-state index in [1.54, 1.807) is 31.2 Å². The molecule has 4 aromatic rings. The lowest BCUT2D eigenvalue weighted by Gasteiger charge is -2.12. The number of hydrogen-bond acceptors (Lipinski definition) is 8. The normalized spacial score (nSPS) is 10.8. The Bertz CT molecular complexity index is 1460. The Morgan fingerprint density at radius 1 is 1.00 bits per heavy atom. The van der Waals surface area contributed by atoms with Crippen molar-refractivity contribution in [2.45, 2.75) is 20.0 Å². The van der Waals surface area contributed by atoms with Crippen LogP contribution in [-0.2, 0) is 4.79 Å². The van der Waals surface area contributed by atoms with Crippen LogP contribution in [0.3, 0.4) is 0 Å². The van der Waals surface area contributed by atoms with Gasteiger partial charge in [0.15, 0.2) is 11.5 Å². The molecular formula is C25H24ClF3N6O4. The van der Waals surface area contributed by atoms with Gasteiger partial charge >= 0.3 is 12.1 Å². The second-order valence-electron chi connectivity index (χ2n) is 7.90. The Kier molecular flexibility index (Phi) is 9.20. The van der Waals surface area contributed by atoms with Gasteiger partial charge in [0, 0.05) is 29.0 Å². The van der Waals surface area contributed by atoms with Gasteiger partial charge in [-0.05, 0) is 49.7 Å². The molecule has 14 heteroatoms. The number of rotatable bonds is 7. The largest absolute Gasteiger partial charge is 0.493 e. The van der Waals surface area contributed by atoms with Crippen LogP contribution < -0.4 is 20.1 Å². The quantitative estimate of drug-likeness (QED) is 0.245. The minimum Gasteiger partial charge on any atom is -0.493 e. The van der Waals surface area contributed by atoms with E-state index in [1.165, 1.54) is 0 Å². The van der Waals surface area contributed by atoms with E-state index in [1.807, 2.05) is 56.3 Å². The van der Waals surface area contributed by atoms with Crippen LogP contribution in [0, 0.1) is 13.8 Å². The van der Waals surface area contributed by atoms with Gasteiger partial charge in [0.25, 0.3) is 0 Å². The molecule has 0 atom stereocenters. The second kappa shape index (κ2) is 12.3. The van der Waals surface area contributed by atoms with Crippen molar-refractivity contribution in [2.75, 3.05) is 24.9 Å². The summed E-state index contributed by atoms with van der Waals surface area (Å²) in [4.78, 5) is 17.8. The fourth-order valence-corrected chi connectivity index (χ4v) is 3.34. The van der Waals surface area contributed by atoms with E-state index in [2.05, 4.69) is 25.7 Å². The van der Waals surface area contributed by atoms with Crippen LogP contribution in [0.1, 0.15) is 11.3 Å². The van der Waals surface area contributed by atoms with Crippen LogP contribution in [0.15, 0.2) is 54.7 Å². The number of ether oxygens (including phenoxy) is 2. The number of carbonyl (C=O) groups is 1. The van der Waals surface area contributed by atoms with Crippen molar-refractivity contribution < 1.29 is 32.5 Å². The first kappa shape index (κ1) is 29.0. The summed E-state index contributed by atoms with van der Waals surface area (Å²) in [7, 11) is 3.19. The number of hydrogen-bond donors (Lipinski definition) is 3. The SMILES string of the molecule is COc1ccc(Nc2nccc(Nc3cc(C)nn3-c3ccc(C)c(Cl)c3)n2)cc1OC.O=C(O)C(F)(F)F. The van der Waals surface area contributed by atoms with Gasteiger partial charge in [-0.2, -0.15) is 23.3 Å². The van der Waals surface area contributed by atoms with E-state index in [9.17, 15) is 13.2 Å². The summed E-state index contributed by atoms with van der Waals surface area (Å²) in [5.74, 6) is 0.313. The van der Waals surface area contributed by atoms with Crippen LogP contribution in [-0.4, -0.2) is 51.2 Å². The topological polar surface area (TPSA) is 123 Å². The van der Waals surface area contributed by atoms with Crippen molar-refractivity contribution in [3.05, 3.63) is 71.0 Å². The summed E-state index contributed by atoms with van der Waals surface area (Å²) < 4.78 is 44.2. The van der Waals surface area contributed by atoms with Crippen molar-refractivity contribution in [1.29, 1.82) is 0 Å². The number of aliphatic carboxylic acids is 1. The van der Waals surface area contributed by atoms with Crippen molar-refractivity contribution >= 4 is 40.8 Å². The van der Waals surface area contributed by atoms with E-state index < -0.39 is 12.1 Å². The number of methoxy groups -OCH3 is 2. The monoisotopic (exact) mass is 564 g/mol. The van der Waals surface area contributed by atoms with Crippen molar-refractivity contribution in [3.63, 3.8) is 0 Å². The molecule has 4 rings (SSSR count). The molecule has 206 valence electrons. The highest BCUT2D eigenvalue weighted by Gasteiger charge is 2.38. The lowest BCUT2D eigenvalue weighted by atomic mass is 10.2. The maximum Gasteiger partial charge on any atom is 0.490 e. The minimum atomic E-state index is -5.08. The van der Waals surface area contributed by atoms with E-state index in [0.717, 1.165) is 28.5 Å². The molecule has 0 saturated carbocycles. The van der Waals surface area contributed by atoms with Gasteiger partial charge in [-0.1, -0.05) is 17.7 Å². The zero-order valence-corrected chi connectivity index (χ0v) is 21.9. The molecule has 0 aliphatic carbocycles. The average Bonchev–Trinajstić information content (AvgIpc) is 3.25. The first-order valence-corrected chi connectivity index (χ1v) is 11.5. The molecule has 0 unspecified atom stereocenters. The summed E-state index contributed by atoms with van der Waals surface area (Å²) in [6.45, 7) is 3.90. The van der Waals surface area contributed by atoms with E-state index in [0.29, 0.717) is 28.3 Å². The third-order valence-electron chi connectivity index (χ3n) is 5.03. The molecule has 2 aromatic carbocycles. The Balaban J connectivity index is 0.000000532. The highest BCUT2D eigenvalue weighted by molar-refractivity contribution is 6.31. The zero-order chi connectivity index (χ0) is 28.7. The number of benzene rings is 2. The summed E-state index contributed by atoms with van der Waals surface area (Å²) in [5, 5.41) is 18.9. The molecule has 0 aliphatic heterocycles. The third-order valence-corrected chi connectivity index (χ3v) is 5.43. The van der Waals surface area contributed by atoms with Crippen LogP contribution in [0.5, 0.6) is 11.5 Å². The summed E-state index contributed by atoms with van der Waals surface area (Å²) in [5.41, 5.74) is 3.50. The first-order chi connectivity index (χ1) is 18.4. The highest BCUT2D eigenvalue weighted by atomic mass is 35.5. The summed E-state index contributed by atoms with van der Waals surface area (Å²) >= 11 is 6.31. The average molecular weight is 565 g/mol. The molecule has 0 bridgehead atoms. The van der Waals surface area contributed by atoms with E-state index >= 15 is 0 Å². The first-order valence-electron chi connectivity index (χ1n) is 11.1. The van der Waals surface area contributed by atoms with Crippen molar-refractivity contribution in [1.82, 2.24) is 19.7 Å². The van der Waals surface area contributed by atoms with Gasteiger partial charge in [-0.25, -0.2) is 14.5 Å². The fourth-order valence-electron chi connectivity index (χ4n) is 3.16. The maximum atomic E-state index is 10.6. The van der Waals surface area contributed by atoms with Crippen LogP contribution in [0.2, 0.25) is 5.02 Å². The molecule has 2 aromatic heterocycles. The number of aryl methyl sites for hydroxylation is 2. The standard InChI is InChI=1S/C23H23ClN6O2.C2HF3O2/c1-14-5-7-17(13-18(14)24)30-22(11-15(2)29-30)27-21-9-10-25-23(28-21)26-16-6-8-19(31-3)20(12-16)32-4;3-2(4,5)1(6)7/h5-13H,1-4H3,(H2,25,26,27,28);(H,6,7). The van der Waals surface area contributed by atoms with Crippen molar-refractivity contribution in [2.24, 2.45) is 0 Å². The number of nitrogens with zero attached hydrogens (tertiary/aromatic N) is 4. The molecule has 0 radical (unpaired) electrons. The smallest absolute Gasteiger partial charge is 0.490 e. The van der Waals surface area contributed by atoms with Gasteiger partial charge in [0.1, 0.15) is 11.6 Å². The van der Waals surface area contributed by atoms with Crippen LogP contribution in [0.4, 0.5) is 36.4 Å². The predicted octanol–water partition coefficient (Wildman–Crippen LogP) is 6.07. The van der Waals surface area contributed by atoms with E-state index in [-0.39, 0.29) is 0 Å². The Morgan fingerprint density at radius 3 is 2.31 bits per heavy atom. The molecule has 0 fully saturated rings. The van der Waals surface area contributed by atoms with Gasteiger partial charge < -0.3 is 25.2 Å². The molecule has 0 spiro atoms. The molecule has 2 heterocycles. The fraction of sp³-hybridized carbons (Fsp3) is 0.200. The van der Waals surface area contributed by atoms with Crippen LogP contribution in [0.25, 0.3) is 5.69 Å². The second-order valence-corrected chi connectivity index (χ2v) is 8.31. The molecule has 10 nitrogen and oxygen atoms in total. The molecule has 0 aliphatic rings. The Labute approximate surface area is 226 Å². The number of halogens is 4. The predicted molar refractivity (Wildman–Crippen MR) is 140 cm³/mol. The summed E-state index contributed by atoms with van der Waals surface area (Å²) in [6.07, 6.45) is -3.41. The number of anilines is 4. The van der Waals surface area contributed by atoms with Crippen molar-refractivity contribution in [3.8, 4) is 17.2 Å². The van der Waals surface area contributed by atoms with Gasteiger partial charge in [-0.15, -0.1) is 0 Å². The van der Waals surface area contributed by atoms with E-state index in [4.69, 9.17) is 31.0 Å². The van der Waals surface area contributed by atoms with Crippen LogP contribution >= 0.6 is 11.6 Å². The van der Waals surface area contributed by atoms with Gasteiger partial charge in [0.2, 0.25) is 5.95 Å². The molecule has 39 heavy (non-hydrogen) atoms. The maximum absolute atomic E-state index is 10.6. The van der Waals surface area contributed by atoms with Gasteiger partial charge in [0.05, 0.1) is 25.6 Å². The lowest BCUT2D eigenvalue weighted by Crippen LogP contribution is -2.21. The molecular weight excluding hydrogens is 541 g/mol. The third kappa shape index (κ3) is 7.74. The number of aromatic nitrogens is 4. The lowest BCUT2D eigenvalue weighted by molar-refractivity contribution is -0.192. The molecule has 3 N–H and O–H groups in total. The highest BCUT2D eigenvalue weighted by Crippen LogP contribution is 2.31. The minimum absolute atomic E-state index is 0.434. The molecule has 0 saturated heterocycles. The van der Waals surface area contributed by atoms with Gasteiger partial charge in [-0.3, -0.25) is 0 Å². The Morgan fingerprint density at radius 2 is 1.69 bits per heavy atom. The zero-order valence-electron chi connectivity index (χ0n) is 21.2. The number of carboxylic acids is 1.